The first-order valence-electron chi connectivity index (χ1n) is 5.77. The molecule has 84 valence electrons. The van der Waals surface area contributed by atoms with Crippen LogP contribution in [0.4, 0.5) is 0 Å². The van der Waals surface area contributed by atoms with Gasteiger partial charge in [-0.25, -0.2) is 0 Å². The van der Waals surface area contributed by atoms with Crippen molar-refractivity contribution in [3.05, 3.63) is 17.5 Å². The number of aromatic nitrogens is 2. The second kappa shape index (κ2) is 3.34. The van der Waals surface area contributed by atoms with Crippen LogP contribution in [0.3, 0.4) is 0 Å². The van der Waals surface area contributed by atoms with Crippen molar-refractivity contribution in [2.45, 2.75) is 51.0 Å². The molecule has 1 aromatic heterocycles. The van der Waals surface area contributed by atoms with E-state index in [1.54, 1.807) is 0 Å². The van der Waals surface area contributed by atoms with Crippen LogP contribution in [0.1, 0.15) is 56.8 Å². The number of nitrogens with zero attached hydrogens (tertiary/aromatic N) is 2. The summed E-state index contributed by atoms with van der Waals surface area (Å²) in [5.41, 5.74) is 8.73. The molecule has 3 heteroatoms. The van der Waals surface area contributed by atoms with Crippen molar-refractivity contribution in [3.63, 3.8) is 0 Å². The van der Waals surface area contributed by atoms with Crippen LogP contribution in [0.2, 0.25) is 0 Å². The highest BCUT2D eigenvalue weighted by Crippen LogP contribution is 2.44. The lowest BCUT2D eigenvalue weighted by atomic mass is 9.95. The molecule has 0 saturated heterocycles. The average Bonchev–Trinajstić information content (AvgIpc) is 2.78. The molecule has 1 atom stereocenters. The van der Waals surface area contributed by atoms with Gasteiger partial charge in [0.2, 0.25) is 0 Å². The van der Waals surface area contributed by atoms with Gasteiger partial charge in [0.05, 0.1) is 5.69 Å². The second-order valence-corrected chi connectivity index (χ2v) is 5.23. The largest absolute Gasteiger partial charge is 0.325 e. The van der Waals surface area contributed by atoms with E-state index in [1.807, 2.05) is 11.7 Å². The van der Waals surface area contributed by atoms with Crippen molar-refractivity contribution in [1.82, 2.24) is 9.78 Å². The molecule has 0 spiro atoms. The van der Waals surface area contributed by atoms with Crippen molar-refractivity contribution in [2.24, 2.45) is 12.8 Å². The molecule has 15 heavy (non-hydrogen) atoms. The topological polar surface area (TPSA) is 43.8 Å². The van der Waals surface area contributed by atoms with Crippen LogP contribution in [0.5, 0.6) is 0 Å². The molecule has 1 fully saturated rings. The molecule has 1 aliphatic rings. The molecule has 0 aromatic carbocycles. The minimum Gasteiger partial charge on any atom is -0.325 e. The van der Waals surface area contributed by atoms with Gasteiger partial charge in [-0.05, 0) is 24.8 Å². The number of hydrogen-bond donors (Lipinski definition) is 1. The minimum atomic E-state index is 0.0437. The van der Waals surface area contributed by atoms with Gasteiger partial charge in [-0.1, -0.05) is 20.8 Å². The van der Waals surface area contributed by atoms with E-state index in [1.165, 1.54) is 11.4 Å². The fraction of sp³-hybridized carbons (Fsp3) is 0.750. The standard InChI is InChI=1S/C12H21N3/c1-8(2)10-7-11(15(4)14-10)9(3)12(13)5-6-12/h7-9H,5-6,13H2,1-4H3. The third-order valence-electron chi connectivity index (χ3n) is 3.66. The Morgan fingerprint density at radius 2 is 2.00 bits per heavy atom. The van der Waals surface area contributed by atoms with Crippen LogP contribution >= 0.6 is 0 Å². The van der Waals surface area contributed by atoms with E-state index in [-0.39, 0.29) is 5.54 Å². The number of rotatable bonds is 3. The highest BCUT2D eigenvalue weighted by atomic mass is 15.3. The van der Waals surface area contributed by atoms with E-state index in [9.17, 15) is 0 Å². The summed E-state index contributed by atoms with van der Waals surface area (Å²) < 4.78 is 1.99. The third-order valence-corrected chi connectivity index (χ3v) is 3.66. The molecule has 1 aromatic rings. The van der Waals surface area contributed by atoms with Gasteiger partial charge in [-0.15, -0.1) is 0 Å². The summed E-state index contributed by atoms with van der Waals surface area (Å²) in [5.74, 6) is 0.910. The molecule has 0 bridgehead atoms. The maximum absolute atomic E-state index is 6.24. The van der Waals surface area contributed by atoms with E-state index in [4.69, 9.17) is 5.73 Å². The summed E-state index contributed by atoms with van der Waals surface area (Å²) in [4.78, 5) is 0. The Kier molecular flexibility index (Phi) is 2.38. The van der Waals surface area contributed by atoms with E-state index in [0.29, 0.717) is 11.8 Å². The molecule has 3 nitrogen and oxygen atoms in total. The molecule has 0 aliphatic heterocycles. The number of hydrogen-bond acceptors (Lipinski definition) is 2. The van der Waals surface area contributed by atoms with Crippen molar-refractivity contribution >= 4 is 0 Å². The molecule has 0 radical (unpaired) electrons. The van der Waals surface area contributed by atoms with Crippen LogP contribution in [-0.2, 0) is 7.05 Å². The predicted octanol–water partition coefficient (Wildman–Crippen LogP) is 2.14. The summed E-state index contributed by atoms with van der Waals surface area (Å²) in [5, 5.41) is 4.53. The Morgan fingerprint density at radius 1 is 1.40 bits per heavy atom. The van der Waals surface area contributed by atoms with Crippen molar-refractivity contribution < 1.29 is 0 Å². The molecule has 1 aliphatic carbocycles. The third kappa shape index (κ3) is 1.81. The maximum atomic E-state index is 6.24. The summed E-state index contributed by atoms with van der Waals surface area (Å²) in [7, 11) is 2.02. The molecule has 0 amide bonds. The predicted molar refractivity (Wildman–Crippen MR) is 61.9 cm³/mol. The van der Waals surface area contributed by atoms with Crippen LogP contribution in [0.15, 0.2) is 6.07 Å². The van der Waals surface area contributed by atoms with Gasteiger partial charge in [0.25, 0.3) is 0 Å². The fourth-order valence-corrected chi connectivity index (χ4v) is 2.06. The highest BCUT2D eigenvalue weighted by Gasteiger charge is 2.45. The van der Waals surface area contributed by atoms with Crippen molar-refractivity contribution in [3.8, 4) is 0 Å². The Labute approximate surface area is 91.7 Å². The maximum Gasteiger partial charge on any atom is 0.0652 e. The van der Waals surface area contributed by atoms with Crippen molar-refractivity contribution in [2.75, 3.05) is 0 Å². The lowest BCUT2D eigenvalue weighted by Crippen LogP contribution is -2.29. The summed E-state index contributed by atoms with van der Waals surface area (Å²) >= 11 is 0. The Bertz CT molecular complexity index is 361. The van der Waals surface area contributed by atoms with Gasteiger partial charge in [0.1, 0.15) is 0 Å². The van der Waals surface area contributed by atoms with E-state index >= 15 is 0 Å². The first-order chi connectivity index (χ1) is 6.94. The molecular formula is C12H21N3. The summed E-state index contributed by atoms with van der Waals surface area (Å²) in [6.45, 7) is 6.56. The van der Waals surface area contributed by atoms with E-state index < -0.39 is 0 Å². The van der Waals surface area contributed by atoms with E-state index in [0.717, 1.165) is 12.8 Å². The molecule has 2 rings (SSSR count). The van der Waals surface area contributed by atoms with Crippen molar-refractivity contribution in [1.29, 1.82) is 0 Å². The molecule has 2 N–H and O–H groups in total. The average molecular weight is 207 g/mol. The lowest BCUT2D eigenvalue weighted by molar-refractivity contribution is 0.516. The van der Waals surface area contributed by atoms with Crippen LogP contribution in [0.25, 0.3) is 0 Å². The van der Waals surface area contributed by atoms with Gasteiger partial charge in [0.15, 0.2) is 0 Å². The van der Waals surface area contributed by atoms with Gasteiger partial charge < -0.3 is 5.73 Å². The zero-order valence-corrected chi connectivity index (χ0v) is 10.1. The zero-order chi connectivity index (χ0) is 11.2. The number of nitrogens with two attached hydrogens (primary N) is 1. The summed E-state index contributed by atoms with van der Waals surface area (Å²) in [6, 6.07) is 2.21. The van der Waals surface area contributed by atoms with Gasteiger partial charge >= 0.3 is 0 Å². The smallest absolute Gasteiger partial charge is 0.0652 e. The Balaban J connectivity index is 2.28. The quantitative estimate of drug-likeness (QED) is 0.825. The SMILES string of the molecule is CC(C)c1cc(C(C)C2(N)CC2)n(C)n1. The van der Waals surface area contributed by atoms with E-state index in [2.05, 4.69) is 31.9 Å². The Morgan fingerprint density at radius 3 is 2.40 bits per heavy atom. The molecular weight excluding hydrogens is 186 g/mol. The zero-order valence-electron chi connectivity index (χ0n) is 10.1. The first-order valence-corrected chi connectivity index (χ1v) is 5.77. The van der Waals surface area contributed by atoms with Gasteiger partial charge in [-0.3, -0.25) is 4.68 Å². The van der Waals surface area contributed by atoms with Gasteiger partial charge in [-0.2, -0.15) is 5.10 Å². The highest BCUT2D eigenvalue weighted by molar-refractivity contribution is 5.23. The molecule has 1 saturated carbocycles. The Hall–Kier alpha value is -0.830. The van der Waals surface area contributed by atoms with Crippen LogP contribution < -0.4 is 5.73 Å². The second-order valence-electron chi connectivity index (χ2n) is 5.23. The van der Waals surface area contributed by atoms with Crippen LogP contribution in [0, 0.1) is 0 Å². The fourth-order valence-electron chi connectivity index (χ4n) is 2.06. The lowest BCUT2D eigenvalue weighted by Gasteiger charge is -2.18. The molecule has 1 heterocycles. The number of aryl methyl sites for hydroxylation is 1. The first kappa shape index (κ1) is 10.7. The summed E-state index contributed by atoms with van der Waals surface area (Å²) in [6.07, 6.45) is 2.30. The monoisotopic (exact) mass is 207 g/mol. The minimum absolute atomic E-state index is 0.0437. The van der Waals surface area contributed by atoms with Crippen LogP contribution in [-0.4, -0.2) is 15.3 Å². The molecule has 1 unspecified atom stereocenters. The van der Waals surface area contributed by atoms with Gasteiger partial charge in [0, 0.05) is 24.2 Å². The normalized spacial score (nSPS) is 20.7.